The Hall–Kier alpha value is -0.810. The molecule has 0 aliphatic rings. The standard InChI is InChI=1S/C10H19ClN2O3/c1-8(2)7-16-5-3-4-12-10(15)13-9(14)6-11/h8H,3-7H2,1-2H3,(H2,12,13,14,15). The van der Waals surface area contributed by atoms with Crippen LogP contribution < -0.4 is 10.6 Å². The number of nitrogens with one attached hydrogen (secondary N) is 2. The molecule has 0 spiro atoms. The molecule has 0 rings (SSSR count). The maximum absolute atomic E-state index is 11.0. The van der Waals surface area contributed by atoms with Crippen LogP contribution in [0.3, 0.4) is 0 Å². The molecule has 2 N–H and O–H groups in total. The molecule has 0 bridgehead atoms. The number of hydrogen-bond donors (Lipinski definition) is 2. The number of urea groups is 1. The second-order valence-corrected chi connectivity index (χ2v) is 4.03. The normalized spacial score (nSPS) is 10.2. The number of carbonyl (C=O) groups is 2. The Morgan fingerprint density at radius 2 is 2.06 bits per heavy atom. The van der Waals surface area contributed by atoms with E-state index in [4.69, 9.17) is 16.3 Å². The van der Waals surface area contributed by atoms with Gasteiger partial charge in [0.15, 0.2) is 0 Å². The van der Waals surface area contributed by atoms with Crippen LogP contribution >= 0.6 is 11.6 Å². The minimum atomic E-state index is -0.519. The van der Waals surface area contributed by atoms with Crippen LogP contribution in [0, 0.1) is 5.92 Å². The first-order chi connectivity index (χ1) is 7.56. The zero-order valence-electron chi connectivity index (χ0n) is 9.72. The minimum absolute atomic E-state index is 0.217. The van der Waals surface area contributed by atoms with E-state index in [9.17, 15) is 9.59 Å². The van der Waals surface area contributed by atoms with Gasteiger partial charge in [-0.3, -0.25) is 10.1 Å². The maximum atomic E-state index is 11.0. The first kappa shape index (κ1) is 15.2. The van der Waals surface area contributed by atoms with Crippen molar-refractivity contribution in [2.75, 3.05) is 25.6 Å². The zero-order valence-corrected chi connectivity index (χ0v) is 10.5. The molecule has 0 aliphatic carbocycles. The second kappa shape index (κ2) is 9.42. The Morgan fingerprint density at radius 3 is 2.62 bits per heavy atom. The van der Waals surface area contributed by atoms with E-state index >= 15 is 0 Å². The molecule has 0 saturated carbocycles. The van der Waals surface area contributed by atoms with Gasteiger partial charge in [-0.15, -0.1) is 11.6 Å². The van der Waals surface area contributed by atoms with E-state index in [2.05, 4.69) is 24.5 Å². The van der Waals surface area contributed by atoms with Gasteiger partial charge in [0.25, 0.3) is 0 Å². The number of alkyl halides is 1. The Morgan fingerprint density at radius 1 is 1.38 bits per heavy atom. The predicted octanol–water partition coefficient (Wildman–Crippen LogP) is 1.11. The quantitative estimate of drug-likeness (QED) is 0.526. The summed E-state index contributed by atoms with van der Waals surface area (Å²) in [6, 6.07) is -0.519. The smallest absolute Gasteiger partial charge is 0.321 e. The summed E-state index contributed by atoms with van der Waals surface area (Å²) in [5, 5.41) is 4.60. The molecule has 5 nitrogen and oxygen atoms in total. The number of imide groups is 1. The van der Waals surface area contributed by atoms with Crippen molar-refractivity contribution in [3.63, 3.8) is 0 Å². The van der Waals surface area contributed by atoms with Crippen LogP contribution in [0.4, 0.5) is 4.79 Å². The Labute approximate surface area is 101 Å². The van der Waals surface area contributed by atoms with Gasteiger partial charge in [-0.1, -0.05) is 13.8 Å². The van der Waals surface area contributed by atoms with E-state index in [0.717, 1.165) is 13.0 Å². The van der Waals surface area contributed by atoms with Gasteiger partial charge in [-0.05, 0) is 12.3 Å². The van der Waals surface area contributed by atoms with E-state index in [1.807, 2.05) is 0 Å². The highest BCUT2D eigenvalue weighted by Crippen LogP contribution is 1.92. The number of halogens is 1. The van der Waals surface area contributed by atoms with Gasteiger partial charge < -0.3 is 10.1 Å². The van der Waals surface area contributed by atoms with Crippen molar-refractivity contribution in [2.45, 2.75) is 20.3 Å². The van der Waals surface area contributed by atoms with Gasteiger partial charge in [0.2, 0.25) is 5.91 Å². The molecule has 0 atom stereocenters. The molecule has 6 heteroatoms. The molecular formula is C10H19ClN2O3. The Balaban J connectivity index is 3.31. The molecule has 0 aromatic heterocycles. The largest absolute Gasteiger partial charge is 0.381 e. The SMILES string of the molecule is CC(C)COCCCNC(=O)NC(=O)CCl. The van der Waals surface area contributed by atoms with Crippen molar-refractivity contribution in [3.8, 4) is 0 Å². The first-order valence-electron chi connectivity index (χ1n) is 5.27. The lowest BCUT2D eigenvalue weighted by molar-refractivity contribution is -0.117. The lowest BCUT2D eigenvalue weighted by Gasteiger charge is -2.07. The van der Waals surface area contributed by atoms with Crippen molar-refractivity contribution in [3.05, 3.63) is 0 Å². The third-order valence-corrected chi connectivity index (χ3v) is 1.82. The van der Waals surface area contributed by atoms with Gasteiger partial charge in [0.1, 0.15) is 5.88 Å². The van der Waals surface area contributed by atoms with E-state index in [1.54, 1.807) is 0 Å². The van der Waals surface area contributed by atoms with Gasteiger partial charge in [-0.2, -0.15) is 0 Å². The first-order valence-corrected chi connectivity index (χ1v) is 5.81. The van der Waals surface area contributed by atoms with E-state index in [1.165, 1.54) is 0 Å². The molecule has 0 aromatic rings. The van der Waals surface area contributed by atoms with Crippen molar-refractivity contribution in [2.24, 2.45) is 5.92 Å². The average molecular weight is 251 g/mol. The predicted molar refractivity (Wildman–Crippen MR) is 62.5 cm³/mol. The van der Waals surface area contributed by atoms with Crippen molar-refractivity contribution in [1.29, 1.82) is 0 Å². The summed E-state index contributed by atoms with van der Waals surface area (Å²) in [4.78, 5) is 21.7. The molecular weight excluding hydrogens is 232 g/mol. The number of ether oxygens (including phenoxy) is 1. The highest BCUT2D eigenvalue weighted by molar-refractivity contribution is 6.28. The fraction of sp³-hybridized carbons (Fsp3) is 0.800. The van der Waals surface area contributed by atoms with Crippen molar-refractivity contribution in [1.82, 2.24) is 10.6 Å². The highest BCUT2D eigenvalue weighted by Gasteiger charge is 2.04. The zero-order chi connectivity index (χ0) is 12.4. The molecule has 0 aromatic carbocycles. The number of rotatable bonds is 7. The monoisotopic (exact) mass is 250 g/mol. The molecule has 0 radical (unpaired) electrons. The molecule has 94 valence electrons. The lowest BCUT2D eigenvalue weighted by atomic mass is 10.2. The molecule has 0 fully saturated rings. The van der Waals surface area contributed by atoms with Crippen molar-refractivity contribution >= 4 is 23.5 Å². The van der Waals surface area contributed by atoms with Gasteiger partial charge in [-0.25, -0.2) is 4.79 Å². The van der Waals surface area contributed by atoms with E-state index in [0.29, 0.717) is 19.1 Å². The molecule has 0 unspecified atom stereocenters. The Kier molecular flexibility index (Phi) is 8.94. The van der Waals surface area contributed by atoms with Crippen LogP contribution in [0.5, 0.6) is 0 Å². The lowest BCUT2D eigenvalue weighted by Crippen LogP contribution is -2.40. The van der Waals surface area contributed by atoms with Crippen LogP contribution in [0.15, 0.2) is 0 Å². The molecule has 16 heavy (non-hydrogen) atoms. The number of amides is 3. The third kappa shape index (κ3) is 9.73. The molecule has 3 amide bonds. The van der Waals surface area contributed by atoms with Crippen LogP contribution in [0.1, 0.15) is 20.3 Å². The topological polar surface area (TPSA) is 67.4 Å². The summed E-state index contributed by atoms with van der Waals surface area (Å²) in [5.41, 5.74) is 0. The highest BCUT2D eigenvalue weighted by atomic mass is 35.5. The van der Waals surface area contributed by atoms with Gasteiger partial charge in [0, 0.05) is 19.8 Å². The van der Waals surface area contributed by atoms with Crippen LogP contribution in [0.2, 0.25) is 0 Å². The summed E-state index contributed by atoms with van der Waals surface area (Å²) in [6.45, 7) is 5.94. The third-order valence-electron chi connectivity index (χ3n) is 1.58. The number of carbonyl (C=O) groups excluding carboxylic acids is 2. The average Bonchev–Trinajstić information content (AvgIpc) is 2.22. The van der Waals surface area contributed by atoms with Crippen molar-refractivity contribution < 1.29 is 14.3 Å². The van der Waals surface area contributed by atoms with Gasteiger partial charge >= 0.3 is 6.03 Å². The summed E-state index contributed by atoms with van der Waals surface area (Å²) in [7, 11) is 0. The minimum Gasteiger partial charge on any atom is -0.381 e. The molecule has 0 aliphatic heterocycles. The van der Waals surface area contributed by atoms with Gasteiger partial charge in [0.05, 0.1) is 0 Å². The van der Waals surface area contributed by atoms with Crippen LogP contribution in [0.25, 0.3) is 0 Å². The summed E-state index contributed by atoms with van der Waals surface area (Å²) in [6.07, 6.45) is 0.717. The van der Waals surface area contributed by atoms with E-state index in [-0.39, 0.29) is 5.88 Å². The maximum Gasteiger partial charge on any atom is 0.321 e. The summed E-state index contributed by atoms with van der Waals surface area (Å²) in [5.74, 6) is -0.210. The molecule has 0 saturated heterocycles. The fourth-order valence-electron chi connectivity index (χ4n) is 0.899. The second-order valence-electron chi connectivity index (χ2n) is 3.76. The van der Waals surface area contributed by atoms with E-state index < -0.39 is 11.9 Å². The Bertz CT molecular complexity index is 222. The number of hydrogen-bond acceptors (Lipinski definition) is 3. The van der Waals surface area contributed by atoms with Crippen LogP contribution in [-0.4, -0.2) is 37.6 Å². The summed E-state index contributed by atoms with van der Waals surface area (Å²) < 4.78 is 5.32. The fourth-order valence-corrected chi connectivity index (χ4v) is 0.966. The molecule has 0 heterocycles. The van der Waals surface area contributed by atoms with Crippen LogP contribution in [-0.2, 0) is 9.53 Å². The summed E-state index contributed by atoms with van der Waals surface area (Å²) >= 11 is 5.22.